The lowest BCUT2D eigenvalue weighted by molar-refractivity contribution is -0.0675. The molecule has 116 valence electrons. The first kappa shape index (κ1) is 14.9. The van der Waals surface area contributed by atoms with Gasteiger partial charge in [-0.3, -0.25) is 0 Å². The molecular formula is C19H28O2. The van der Waals surface area contributed by atoms with E-state index in [0.717, 1.165) is 5.56 Å². The molecule has 0 radical (unpaired) electrons. The van der Waals surface area contributed by atoms with Gasteiger partial charge in [-0.1, -0.05) is 56.7 Å². The summed E-state index contributed by atoms with van der Waals surface area (Å²) in [6.07, 6.45) is 13.3. The van der Waals surface area contributed by atoms with Gasteiger partial charge in [0, 0.05) is 5.56 Å². The van der Waals surface area contributed by atoms with E-state index in [-0.39, 0.29) is 6.10 Å². The molecule has 0 aromatic heterocycles. The van der Waals surface area contributed by atoms with Gasteiger partial charge in [0.1, 0.15) is 5.75 Å². The van der Waals surface area contributed by atoms with Crippen LogP contribution in [0.15, 0.2) is 24.3 Å². The van der Waals surface area contributed by atoms with E-state index in [9.17, 15) is 5.11 Å². The van der Waals surface area contributed by atoms with Gasteiger partial charge in [0.05, 0.1) is 12.2 Å². The number of aromatic hydroxyl groups is 1. The Morgan fingerprint density at radius 3 is 2.14 bits per heavy atom. The largest absolute Gasteiger partial charge is 0.508 e. The van der Waals surface area contributed by atoms with E-state index in [0.29, 0.717) is 17.8 Å². The molecule has 21 heavy (non-hydrogen) atoms. The summed E-state index contributed by atoms with van der Waals surface area (Å²) < 4.78 is 6.54. The van der Waals surface area contributed by atoms with Crippen LogP contribution in [-0.4, -0.2) is 11.2 Å². The second kappa shape index (κ2) is 7.31. The van der Waals surface area contributed by atoms with Crippen LogP contribution in [0.25, 0.3) is 0 Å². The first-order valence-electron chi connectivity index (χ1n) is 8.78. The molecule has 1 aromatic rings. The van der Waals surface area contributed by atoms with Gasteiger partial charge in [-0.2, -0.15) is 0 Å². The van der Waals surface area contributed by atoms with Gasteiger partial charge in [-0.05, 0) is 37.7 Å². The van der Waals surface area contributed by atoms with Crippen LogP contribution < -0.4 is 0 Å². The lowest BCUT2D eigenvalue weighted by Gasteiger charge is -2.35. The normalized spacial score (nSPS) is 23.0. The predicted molar refractivity (Wildman–Crippen MR) is 85.4 cm³/mol. The molecule has 2 aliphatic rings. The van der Waals surface area contributed by atoms with E-state index in [1.807, 2.05) is 12.1 Å². The van der Waals surface area contributed by atoms with Gasteiger partial charge in [-0.15, -0.1) is 0 Å². The van der Waals surface area contributed by atoms with Crippen LogP contribution in [0.3, 0.4) is 0 Å². The zero-order valence-electron chi connectivity index (χ0n) is 13.0. The Balaban J connectivity index is 1.78. The number of para-hydroxylation sites is 1. The highest BCUT2D eigenvalue weighted by atomic mass is 16.5. The van der Waals surface area contributed by atoms with Crippen molar-refractivity contribution >= 4 is 0 Å². The summed E-state index contributed by atoms with van der Waals surface area (Å²) >= 11 is 0. The Morgan fingerprint density at radius 1 is 0.857 bits per heavy atom. The van der Waals surface area contributed by atoms with Crippen LogP contribution in [0.4, 0.5) is 0 Å². The molecule has 0 bridgehead atoms. The third kappa shape index (κ3) is 3.79. The Morgan fingerprint density at radius 2 is 1.48 bits per heavy atom. The van der Waals surface area contributed by atoms with Gasteiger partial charge in [0.25, 0.3) is 0 Å². The van der Waals surface area contributed by atoms with E-state index in [4.69, 9.17) is 4.74 Å². The predicted octanol–water partition coefficient (Wildman–Crippen LogP) is 5.36. The molecule has 2 heteroatoms. The first-order valence-corrected chi connectivity index (χ1v) is 8.78. The number of phenols is 1. The van der Waals surface area contributed by atoms with Gasteiger partial charge < -0.3 is 9.84 Å². The lowest BCUT2D eigenvalue weighted by atomic mass is 9.82. The minimum Gasteiger partial charge on any atom is -0.508 e. The smallest absolute Gasteiger partial charge is 0.121 e. The van der Waals surface area contributed by atoms with Crippen LogP contribution >= 0.6 is 0 Å². The summed E-state index contributed by atoms with van der Waals surface area (Å²) in [5, 5.41) is 10.3. The van der Waals surface area contributed by atoms with Gasteiger partial charge in [-0.25, -0.2) is 0 Å². The highest BCUT2D eigenvalue weighted by Gasteiger charge is 2.30. The number of hydrogen-bond donors (Lipinski definition) is 1. The first-order chi connectivity index (χ1) is 10.3. The molecule has 0 spiro atoms. The molecule has 0 amide bonds. The molecule has 1 aromatic carbocycles. The molecule has 2 fully saturated rings. The third-order valence-electron chi connectivity index (χ3n) is 5.21. The average Bonchev–Trinajstić information content (AvgIpc) is 2.55. The zero-order chi connectivity index (χ0) is 14.5. The Kier molecular flexibility index (Phi) is 5.18. The SMILES string of the molecule is Oc1ccccc1C(OC1CCCCC1)C1CCCCC1. The fourth-order valence-electron chi connectivity index (χ4n) is 4.01. The summed E-state index contributed by atoms with van der Waals surface area (Å²) in [6, 6.07) is 7.78. The molecule has 2 saturated carbocycles. The van der Waals surface area contributed by atoms with Gasteiger partial charge >= 0.3 is 0 Å². The van der Waals surface area contributed by atoms with Gasteiger partial charge in [0.15, 0.2) is 0 Å². The molecule has 1 N–H and O–H groups in total. The zero-order valence-corrected chi connectivity index (χ0v) is 13.0. The maximum absolute atomic E-state index is 10.3. The summed E-state index contributed by atoms with van der Waals surface area (Å²) in [5.41, 5.74) is 1.01. The van der Waals surface area contributed by atoms with Crippen molar-refractivity contribution in [2.75, 3.05) is 0 Å². The second-order valence-electron chi connectivity index (χ2n) is 6.77. The van der Waals surface area contributed by atoms with Crippen molar-refractivity contribution < 1.29 is 9.84 Å². The average molecular weight is 288 g/mol. The molecule has 2 nitrogen and oxygen atoms in total. The van der Waals surface area contributed by atoms with E-state index < -0.39 is 0 Å². The third-order valence-corrected chi connectivity index (χ3v) is 5.21. The van der Waals surface area contributed by atoms with Gasteiger partial charge in [0.2, 0.25) is 0 Å². The minimum atomic E-state index is 0.0922. The van der Waals surface area contributed by atoms with Crippen molar-refractivity contribution in [2.24, 2.45) is 5.92 Å². The van der Waals surface area contributed by atoms with E-state index in [1.54, 1.807) is 6.07 Å². The lowest BCUT2D eigenvalue weighted by Crippen LogP contribution is -2.26. The molecule has 3 rings (SSSR count). The maximum Gasteiger partial charge on any atom is 0.121 e. The summed E-state index contributed by atoms with van der Waals surface area (Å²) in [6.45, 7) is 0. The molecule has 2 aliphatic carbocycles. The van der Waals surface area contributed by atoms with Crippen LogP contribution in [-0.2, 0) is 4.74 Å². The van der Waals surface area contributed by atoms with Crippen LogP contribution in [0.5, 0.6) is 5.75 Å². The molecular weight excluding hydrogens is 260 g/mol. The summed E-state index contributed by atoms with van der Waals surface area (Å²) in [7, 11) is 0. The molecule has 0 heterocycles. The number of phenolic OH excluding ortho intramolecular Hbond substituents is 1. The second-order valence-corrected chi connectivity index (χ2v) is 6.77. The minimum absolute atomic E-state index is 0.0922. The monoisotopic (exact) mass is 288 g/mol. The van der Waals surface area contributed by atoms with Crippen LogP contribution in [0.2, 0.25) is 0 Å². The number of rotatable bonds is 4. The molecule has 1 unspecified atom stereocenters. The van der Waals surface area contributed by atoms with E-state index in [2.05, 4.69) is 6.07 Å². The van der Waals surface area contributed by atoms with E-state index >= 15 is 0 Å². The number of ether oxygens (including phenoxy) is 1. The highest BCUT2D eigenvalue weighted by Crippen LogP contribution is 2.41. The van der Waals surface area contributed by atoms with E-state index in [1.165, 1.54) is 64.2 Å². The van der Waals surface area contributed by atoms with Crippen molar-refractivity contribution in [3.05, 3.63) is 29.8 Å². The molecule has 0 saturated heterocycles. The van der Waals surface area contributed by atoms with Crippen molar-refractivity contribution in [1.29, 1.82) is 0 Å². The molecule has 1 atom stereocenters. The van der Waals surface area contributed by atoms with Crippen molar-refractivity contribution in [2.45, 2.75) is 76.4 Å². The van der Waals surface area contributed by atoms with Crippen molar-refractivity contribution in [3.8, 4) is 5.75 Å². The fraction of sp³-hybridized carbons (Fsp3) is 0.684. The Hall–Kier alpha value is -1.02. The standard InChI is InChI=1S/C19H28O2/c20-18-14-8-7-13-17(18)19(15-9-3-1-4-10-15)21-16-11-5-2-6-12-16/h7-8,13-16,19-20H,1-6,9-12H2. The Bertz CT molecular complexity index is 431. The van der Waals surface area contributed by atoms with Crippen molar-refractivity contribution in [1.82, 2.24) is 0 Å². The number of hydrogen-bond acceptors (Lipinski definition) is 2. The quantitative estimate of drug-likeness (QED) is 0.807. The topological polar surface area (TPSA) is 29.5 Å². The van der Waals surface area contributed by atoms with Crippen molar-refractivity contribution in [3.63, 3.8) is 0 Å². The summed E-state index contributed by atoms with van der Waals surface area (Å²) in [4.78, 5) is 0. The highest BCUT2D eigenvalue weighted by molar-refractivity contribution is 5.34. The molecule has 0 aliphatic heterocycles. The fourth-order valence-corrected chi connectivity index (χ4v) is 4.01. The maximum atomic E-state index is 10.3. The number of benzene rings is 1. The van der Waals surface area contributed by atoms with Crippen LogP contribution in [0, 0.1) is 5.92 Å². The Labute approximate surface area is 128 Å². The van der Waals surface area contributed by atoms with Crippen LogP contribution in [0.1, 0.15) is 75.9 Å². The summed E-state index contributed by atoms with van der Waals surface area (Å²) in [5.74, 6) is 0.984.